The van der Waals surface area contributed by atoms with Gasteiger partial charge in [-0.25, -0.2) is 0 Å². The molecule has 0 unspecified atom stereocenters. The van der Waals surface area contributed by atoms with Gasteiger partial charge >= 0.3 is 0 Å². The lowest BCUT2D eigenvalue weighted by atomic mass is 10.00. The first-order chi connectivity index (χ1) is 10.0. The van der Waals surface area contributed by atoms with Crippen LogP contribution in [0.4, 0.5) is 10.7 Å². The van der Waals surface area contributed by atoms with Crippen molar-refractivity contribution in [3.8, 4) is 11.8 Å². The van der Waals surface area contributed by atoms with Gasteiger partial charge in [0.05, 0.1) is 6.10 Å². The van der Waals surface area contributed by atoms with E-state index in [4.69, 9.17) is 15.2 Å². The highest BCUT2D eigenvalue weighted by Gasteiger charge is 2.23. The third-order valence-corrected chi connectivity index (χ3v) is 4.76. The first-order valence-electron chi connectivity index (χ1n) is 7.30. The Morgan fingerprint density at radius 1 is 1.48 bits per heavy atom. The second-order valence-electron chi connectivity index (χ2n) is 5.69. The van der Waals surface area contributed by atoms with Crippen LogP contribution in [0.2, 0.25) is 0 Å². The molecule has 0 radical (unpaired) electrons. The lowest BCUT2D eigenvalue weighted by Crippen LogP contribution is -2.29. The second kappa shape index (κ2) is 7.01. The molecule has 2 N–H and O–H groups in total. The van der Waals surface area contributed by atoms with Crippen molar-refractivity contribution in [2.45, 2.75) is 32.8 Å². The molecule has 1 aliphatic rings. The van der Waals surface area contributed by atoms with Crippen molar-refractivity contribution < 1.29 is 9.47 Å². The smallest absolute Gasteiger partial charge is 0.178 e. The third-order valence-electron chi connectivity index (χ3n) is 3.56. The van der Waals surface area contributed by atoms with Crippen molar-refractivity contribution in [2.75, 3.05) is 37.4 Å². The molecular weight excluding hydrogens is 286 g/mol. The zero-order chi connectivity index (χ0) is 15.4. The average Bonchev–Trinajstić information content (AvgIpc) is 2.76. The van der Waals surface area contributed by atoms with Gasteiger partial charge in [-0.3, -0.25) is 0 Å². The zero-order valence-corrected chi connectivity index (χ0v) is 13.7. The fourth-order valence-corrected chi connectivity index (χ4v) is 3.42. The van der Waals surface area contributed by atoms with Gasteiger partial charge in [-0.15, -0.1) is 11.3 Å². The number of thiophene rings is 1. The molecule has 1 aromatic rings. The van der Waals surface area contributed by atoms with Crippen LogP contribution in [-0.2, 0) is 4.74 Å². The van der Waals surface area contributed by atoms with Crippen molar-refractivity contribution in [2.24, 2.45) is 5.92 Å². The molecule has 0 saturated carbocycles. The first kappa shape index (κ1) is 15.9. The van der Waals surface area contributed by atoms with Gasteiger partial charge in [-0.1, -0.05) is 0 Å². The first-order valence-corrected chi connectivity index (χ1v) is 8.12. The largest absolute Gasteiger partial charge is 0.486 e. The summed E-state index contributed by atoms with van der Waals surface area (Å²) in [6.45, 7) is 6.53. The number of rotatable bonds is 5. The van der Waals surface area contributed by atoms with E-state index in [0.717, 1.165) is 37.6 Å². The lowest BCUT2D eigenvalue weighted by Gasteiger charge is -2.28. The highest BCUT2D eigenvalue weighted by atomic mass is 32.1. The molecule has 2 rings (SSSR count). The molecule has 0 atom stereocenters. The minimum absolute atomic E-state index is 0.0312. The Labute approximate surface area is 130 Å². The Morgan fingerprint density at radius 3 is 2.71 bits per heavy atom. The Balaban J connectivity index is 2.18. The number of anilines is 2. The summed E-state index contributed by atoms with van der Waals surface area (Å²) >= 11 is 1.41. The summed E-state index contributed by atoms with van der Waals surface area (Å²) < 4.78 is 11.2. The number of hydrogen-bond donors (Lipinski definition) is 1. The molecular formula is C15H23N3O2S. The van der Waals surface area contributed by atoms with E-state index in [-0.39, 0.29) is 6.10 Å². The van der Waals surface area contributed by atoms with Crippen LogP contribution in [0.3, 0.4) is 0 Å². The van der Waals surface area contributed by atoms with Crippen LogP contribution in [0, 0.1) is 17.2 Å². The van der Waals surface area contributed by atoms with Crippen molar-refractivity contribution >= 4 is 22.0 Å². The van der Waals surface area contributed by atoms with E-state index in [0.29, 0.717) is 22.2 Å². The summed E-state index contributed by atoms with van der Waals surface area (Å²) in [5.74, 6) is 1.27. The molecule has 0 aromatic carbocycles. The Bertz CT molecular complexity index is 516. The number of nitrogens with zero attached hydrogens (tertiary/aromatic N) is 2. The summed E-state index contributed by atoms with van der Waals surface area (Å²) in [5, 5.41) is 10.1. The van der Waals surface area contributed by atoms with Gasteiger partial charge in [0, 0.05) is 26.8 Å². The van der Waals surface area contributed by atoms with Gasteiger partial charge in [0.15, 0.2) is 5.75 Å². The predicted octanol–water partition coefficient (Wildman–Crippen LogP) is 2.85. The fraction of sp³-hybridized carbons (Fsp3) is 0.667. The molecule has 1 saturated heterocycles. The van der Waals surface area contributed by atoms with E-state index in [9.17, 15) is 5.26 Å². The van der Waals surface area contributed by atoms with Crippen LogP contribution in [0.5, 0.6) is 5.75 Å². The third kappa shape index (κ3) is 3.80. The summed E-state index contributed by atoms with van der Waals surface area (Å²) in [6, 6.07) is 2.15. The average molecular weight is 309 g/mol. The standard InChI is InChI=1S/C15H23N3O2S/c1-10(2)20-14-13(17)12(8-16)21-15(14)18(3)9-11-4-6-19-7-5-11/h10-11H,4-7,9,17H2,1-3H3. The molecule has 0 bridgehead atoms. The maximum Gasteiger partial charge on any atom is 0.178 e. The molecule has 0 amide bonds. The van der Waals surface area contributed by atoms with E-state index in [1.807, 2.05) is 20.9 Å². The number of hydrogen-bond acceptors (Lipinski definition) is 6. The number of nitrogens with two attached hydrogens (primary N) is 1. The summed E-state index contributed by atoms with van der Waals surface area (Å²) in [5.41, 5.74) is 6.51. The zero-order valence-electron chi connectivity index (χ0n) is 12.9. The monoisotopic (exact) mass is 309 g/mol. The lowest BCUT2D eigenvalue weighted by molar-refractivity contribution is 0.0685. The topological polar surface area (TPSA) is 71.5 Å². The number of nitrogen functional groups attached to an aromatic ring is 1. The fourth-order valence-electron chi connectivity index (χ4n) is 2.50. The van der Waals surface area contributed by atoms with Gasteiger partial charge in [-0.2, -0.15) is 5.26 Å². The quantitative estimate of drug-likeness (QED) is 0.905. The highest BCUT2D eigenvalue weighted by Crippen LogP contribution is 2.45. The summed E-state index contributed by atoms with van der Waals surface area (Å²) in [6.07, 6.45) is 2.19. The SMILES string of the molecule is CC(C)Oc1c(N(C)CC2CCOCC2)sc(C#N)c1N. The van der Waals surface area contributed by atoms with Crippen LogP contribution in [0.15, 0.2) is 0 Å². The van der Waals surface area contributed by atoms with E-state index in [1.54, 1.807) is 0 Å². The molecule has 6 heteroatoms. The van der Waals surface area contributed by atoms with Gasteiger partial charge in [0.2, 0.25) is 0 Å². The molecule has 116 valence electrons. The van der Waals surface area contributed by atoms with Gasteiger partial charge < -0.3 is 20.1 Å². The van der Waals surface area contributed by atoms with Crippen molar-refractivity contribution in [1.29, 1.82) is 5.26 Å². The normalized spacial score (nSPS) is 16.0. The van der Waals surface area contributed by atoms with E-state index in [2.05, 4.69) is 11.0 Å². The van der Waals surface area contributed by atoms with Crippen LogP contribution in [0.25, 0.3) is 0 Å². The van der Waals surface area contributed by atoms with Crippen molar-refractivity contribution in [3.05, 3.63) is 4.88 Å². The molecule has 1 fully saturated rings. The van der Waals surface area contributed by atoms with Crippen LogP contribution < -0.4 is 15.4 Å². The van der Waals surface area contributed by atoms with Gasteiger partial charge in [0.25, 0.3) is 0 Å². The molecule has 0 aliphatic carbocycles. The Morgan fingerprint density at radius 2 is 2.14 bits per heavy atom. The predicted molar refractivity (Wildman–Crippen MR) is 86.0 cm³/mol. The van der Waals surface area contributed by atoms with E-state index < -0.39 is 0 Å². The molecule has 5 nitrogen and oxygen atoms in total. The molecule has 1 aliphatic heterocycles. The van der Waals surface area contributed by atoms with Gasteiger partial charge in [0.1, 0.15) is 21.6 Å². The minimum atomic E-state index is 0.0312. The minimum Gasteiger partial charge on any atom is -0.486 e. The van der Waals surface area contributed by atoms with Gasteiger partial charge in [-0.05, 0) is 32.6 Å². The van der Waals surface area contributed by atoms with Crippen molar-refractivity contribution in [1.82, 2.24) is 0 Å². The molecule has 2 heterocycles. The van der Waals surface area contributed by atoms with E-state index >= 15 is 0 Å². The Kier molecular flexibility index (Phi) is 5.32. The maximum atomic E-state index is 9.18. The number of nitriles is 1. The summed E-state index contributed by atoms with van der Waals surface area (Å²) in [4.78, 5) is 2.69. The van der Waals surface area contributed by atoms with Crippen LogP contribution >= 0.6 is 11.3 Å². The molecule has 1 aromatic heterocycles. The van der Waals surface area contributed by atoms with Crippen LogP contribution in [-0.4, -0.2) is 32.9 Å². The van der Waals surface area contributed by atoms with Crippen molar-refractivity contribution in [3.63, 3.8) is 0 Å². The van der Waals surface area contributed by atoms with E-state index in [1.165, 1.54) is 11.3 Å². The highest BCUT2D eigenvalue weighted by molar-refractivity contribution is 7.17. The number of ether oxygens (including phenoxy) is 2. The Hall–Kier alpha value is -1.45. The summed E-state index contributed by atoms with van der Waals surface area (Å²) in [7, 11) is 2.04. The maximum absolute atomic E-state index is 9.18. The van der Waals surface area contributed by atoms with Crippen LogP contribution in [0.1, 0.15) is 31.6 Å². The second-order valence-corrected chi connectivity index (χ2v) is 6.69. The molecule has 0 spiro atoms. The molecule has 21 heavy (non-hydrogen) atoms.